The van der Waals surface area contributed by atoms with E-state index in [1.54, 1.807) is 18.4 Å². The summed E-state index contributed by atoms with van der Waals surface area (Å²) in [6.45, 7) is 7.79. The lowest BCUT2D eigenvalue weighted by molar-refractivity contribution is -0.121. The zero-order valence-corrected chi connectivity index (χ0v) is 19.2. The molecular weight excluding hydrogens is 461 g/mol. The fourth-order valence-corrected chi connectivity index (χ4v) is 3.82. The summed E-state index contributed by atoms with van der Waals surface area (Å²) in [5.74, 6) is 1.63. The number of guanidine groups is 1. The molecule has 0 unspecified atom stereocenters. The molecule has 1 aliphatic rings. The lowest BCUT2D eigenvalue weighted by Crippen LogP contribution is -2.46. The molecular formula is C18H32IN5OS. The zero-order chi connectivity index (χ0) is 18.1. The highest BCUT2D eigenvalue weighted by Crippen LogP contribution is 2.20. The molecule has 1 amide bonds. The minimum Gasteiger partial charge on any atom is -0.359 e. The van der Waals surface area contributed by atoms with Crippen molar-refractivity contribution in [2.24, 2.45) is 10.9 Å². The second kappa shape index (κ2) is 12.5. The second-order valence-electron chi connectivity index (χ2n) is 6.38. The summed E-state index contributed by atoms with van der Waals surface area (Å²) in [6, 6.07) is 0. The minimum absolute atomic E-state index is 0. The van der Waals surface area contributed by atoms with Crippen LogP contribution in [0.1, 0.15) is 43.8 Å². The molecule has 0 saturated carbocycles. The first kappa shape index (κ1) is 23.1. The molecule has 148 valence electrons. The number of aliphatic imine (C=N–C) groups is 1. The number of nitrogens with one attached hydrogen (secondary N) is 2. The number of hydrogen-bond acceptors (Lipinski definition) is 4. The number of halogens is 1. The van der Waals surface area contributed by atoms with Gasteiger partial charge in [0.05, 0.1) is 10.7 Å². The molecule has 1 fully saturated rings. The average molecular weight is 493 g/mol. The molecule has 0 atom stereocenters. The Labute approximate surface area is 178 Å². The van der Waals surface area contributed by atoms with E-state index in [1.807, 2.05) is 0 Å². The molecule has 2 rings (SSSR count). The van der Waals surface area contributed by atoms with Gasteiger partial charge in [-0.1, -0.05) is 6.92 Å². The highest BCUT2D eigenvalue weighted by atomic mass is 127. The zero-order valence-electron chi connectivity index (χ0n) is 16.1. The third-order valence-electron chi connectivity index (χ3n) is 4.53. The molecule has 26 heavy (non-hydrogen) atoms. The van der Waals surface area contributed by atoms with E-state index in [-0.39, 0.29) is 29.9 Å². The van der Waals surface area contributed by atoms with E-state index in [2.05, 4.69) is 39.7 Å². The van der Waals surface area contributed by atoms with Crippen molar-refractivity contribution >= 4 is 47.2 Å². The summed E-state index contributed by atoms with van der Waals surface area (Å²) in [6.07, 6.45) is 4.62. The van der Waals surface area contributed by atoms with Crippen molar-refractivity contribution in [1.29, 1.82) is 0 Å². The third-order valence-corrected chi connectivity index (χ3v) is 5.58. The molecule has 0 aliphatic carbocycles. The maximum atomic E-state index is 11.5. The fourth-order valence-electron chi connectivity index (χ4n) is 3.04. The van der Waals surface area contributed by atoms with Crippen LogP contribution in [0.25, 0.3) is 0 Å². The Morgan fingerprint density at radius 1 is 1.38 bits per heavy atom. The first-order valence-electron chi connectivity index (χ1n) is 9.33. The quantitative estimate of drug-likeness (QED) is 0.348. The molecule has 0 bridgehead atoms. The second-order valence-corrected chi connectivity index (χ2v) is 7.32. The van der Waals surface area contributed by atoms with Crippen LogP contribution in [0.15, 0.2) is 10.4 Å². The van der Waals surface area contributed by atoms with Crippen LogP contribution in [-0.2, 0) is 17.6 Å². The number of nitrogens with zero attached hydrogens (tertiary/aromatic N) is 3. The number of carbonyl (C=O) groups excluding carboxylic acids is 1. The Hall–Kier alpha value is -0.900. The van der Waals surface area contributed by atoms with E-state index in [4.69, 9.17) is 4.99 Å². The van der Waals surface area contributed by atoms with Crippen LogP contribution in [0.2, 0.25) is 0 Å². The first-order chi connectivity index (χ1) is 12.2. The normalized spacial score (nSPS) is 15.5. The van der Waals surface area contributed by atoms with E-state index in [0.29, 0.717) is 12.3 Å². The van der Waals surface area contributed by atoms with Crippen LogP contribution in [0.4, 0.5) is 0 Å². The van der Waals surface area contributed by atoms with Gasteiger partial charge in [-0.2, -0.15) is 0 Å². The molecule has 1 aromatic rings. The largest absolute Gasteiger partial charge is 0.359 e. The maximum Gasteiger partial charge on any atom is 0.220 e. The predicted molar refractivity (Wildman–Crippen MR) is 120 cm³/mol. The smallest absolute Gasteiger partial charge is 0.220 e. The number of thiazole rings is 1. The van der Waals surface area contributed by atoms with Gasteiger partial charge in [0.15, 0.2) is 5.96 Å². The number of aryl methyl sites for hydroxylation is 1. The SMILES string of the molecule is CCNC(=NCCc1csc(CC)n1)N1CCC(CC(=O)NC)CC1.I. The summed E-state index contributed by atoms with van der Waals surface area (Å²) in [5, 5.41) is 9.47. The summed E-state index contributed by atoms with van der Waals surface area (Å²) < 4.78 is 0. The molecule has 2 N–H and O–H groups in total. The van der Waals surface area contributed by atoms with Gasteiger partial charge in [0.1, 0.15) is 0 Å². The van der Waals surface area contributed by atoms with E-state index >= 15 is 0 Å². The predicted octanol–water partition coefficient (Wildman–Crippen LogP) is 2.68. The van der Waals surface area contributed by atoms with Gasteiger partial charge >= 0.3 is 0 Å². The van der Waals surface area contributed by atoms with Gasteiger partial charge in [-0.15, -0.1) is 35.3 Å². The summed E-state index contributed by atoms with van der Waals surface area (Å²) in [5.41, 5.74) is 1.14. The van der Waals surface area contributed by atoms with Crippen molar-refractivity contribution < 1.29 is 4.79 Å². The summed E-state index contributed by atoms with van der Waals surface area (Å²) in [4.78, 5) is 23.2. The Balaban J connectivity index is 0.00000338. The number of hydrogen-bond donors (Lipinski definition) is 2. The first-order valence-corrected chi connectivity index (χ1v) is 10.2. The Bertz CT molecular complexity index is 570. The van der Waals surface area contributed by atoms with Crippen molar-refractivity contribution in [2.75, 3.05) is 33.2 Å². The topological polar surface area (TPSA) is 69.6 Å². The van der Waals surface area contributed by atoms with Crippen molar-refractivity contribution in [3.63, 3.8) is 0 Å². The average Bonchev–Trinajstić information content (AvgIpc) is 3.09. The van der Waals surface area contributed by atoms with E-state index in [9.17, 15) is 4.79 Å². The number of aromatic nitrogens is 1. The molecule has 0 spiro atoms. The number of amides is 1. The van der Waals surface area contributed by atoms with Crippen LogP contribution >= 0.6 is 35.3 Å². The third kappa shape index (κ3) is 7.38. The molecule has 2 heterocycles. The molecule has 0 aromatic carbocycles. The lowest BCUT2D eigenvalue weighted by Gasteiger charge is -2.34. The molecule has 1 aromatic heterocycles. The highest BCUT2D eigenvalue weighted by Gasteiger charge is 2.22. The van der Waals surface area contributed by atoms with Gasteiger partial charge in [0.25, 0.3) is 0 Å². The van der Waals surface area contributed by atoms with Gasteiger partial charge in [-0.3, -0.25) is 9.79 Å². The van der Waals surface area contributed by atoms with E-state index in [1.165, 1.54) is 5.01 Å². The molecule has 6 nitrogen and oxygen atoms in total. The Morgan fingerprint density at radius 3 is 2.69 bits per heavy atom. The summed E-state index contributed by atoms with van der Waals surface area (Å²) >= 11 is 1.74. The van der Waals surface area contributed by atoms with Crippen molar-refractivity contribution in [3.8, 4) is 0 Å². The molecule has 1 aliphatic heterocycles. The van der Waals surface area contributed by atoms with Crippen LogP contribution in [-0.4, -0.2) is 55.0 Å². The van der Waals surface area contributed by atoms with Gasteiger partial charge in [-0.25, -0.2) is 4.98 Å². The monoisotopic (exact) mass is 493 g/mol. The number of piperidine rings is 1. The van der Waals surface area contributed by atoms with Crippen molar-refractivity contribution in [1.82, 2.24) is 20.5 Å². The van der Waals surface area contributed by atoms with Crippen molar-refractivity contribution in [2.45, 2.75) is 46.0 Å². The van der Waals surface area contributed by atoms with Gasteiger partial charge in [-0.05, 0) is 32.1 Å². The van der Waals surface area contributed by atoms with Gasteiger partial charge in [0, 0.05) is 51.4 Å². The highest BCUT2D eigenvalue weighted by molar-refractivity contribution is 14.0. The van der Waals surface area contributed by atoms with E-state index in [0.717, 1.165) is 63.5 Å². The van der Waals surface area contributed by atoms with E-state index < -0.39 is 0 Å². The minimum atomic E-state index is 0. The number of likely N-dealkylation sites (tertiary alicyclic amines) is 1. The number of rotatable bonds is 7. The summed E-state index contributed by atoms with van der Waals surface area (Å²) in [7, 11) is 1.71. The number of carbonyl (C=O) groups is 1. The fraction of sp³-hybridized carbons (Fsp3) is 0.722. The van der Waals surface area contributed by atoms with Gasteiger partial charge in [0.2, 0.25) is 5.91 Å². The Morgan fingerprint density at radius 2 is 2.12 bits per heavy atom. The van der Waals surface area contributed by atoms with Gasteiger partial charge < -0.3 is 15.5 Å². The Kier molecular flexibility index (Phi) is 11.1. The van der Waals surface area contributed by atoms with Crippen LogP contribution in [0, 0.1) is 5.92 Å². The molecule has 1 saturated heterocycles. The van der Waals surface area contributed by atoms with Crippen LogP contribution < -0.4 is 10.6 Å². The maximum absolute atomic E-state index is 11.5. The van der Waals surface area contributed by atoms with Crippen LogP contribution in [0.5, 0.6) is 0 Å². The van der Waals surface area contributed by atoms with Crippen LogP contribution in [0.3, 0.4) is 0 Å². The van der Waals surface area contributed by atoms with Crippen molar-refractivity contribution in [3.05, 3.63) is 16.1 Å². The molecule has 8 heteroatoms. The lowest BCUT2D eigenvalue weighted by atomic mass is 9.93. The molecule has 0 radical (unpaired) electrons. The standard InChI is InChI=1S/C18H31N5OS.HI/c1-4-17-22-15(13-25-17)6-9-21-18(20-5-2)23-10-7-14(8-11-23)12-16(24)19-3;/h13-14H,4-12H2,1-3H3,(H,19,24)(H,20,21);1H.